The van der Waals surface area contributed by atoms with Crippen molar-refractivity contribution in [1.82, 2.24) is 0 Å². The zero-order chi connectivity index (χ0) is 80.8. The molecule has 0 aromatic carbocycles. The molecule has 5 atom stereocenters. The second-order valence-electron chi connectivity index (χ2n) is 30.0. The highest BCUT2D eigenvalue weighted by Crippen LogP contribution is 2.45. The van der Waals surface area contributed by atoms with Crippen LogP contribution in [-0.2, 0) is 55.8 Å². The molecule has 0 aromatic heterocycles. The Bertz CT molecular complexity index is 2500. The van der Waals surface area contributed by atoms with E-state index in [1.54, 1.807) is 0 Å². The van der Waals surface area contributed by atoms with Crippen LogP contribution in [0.5, 0.6) is 0 Å². The van der Waals surface area contributed by atoms with Crippen LogP contribution in [-0.4, -0.2) is 95.9 Å². The summed E-state index contributed by atoms with van der Waals surface area (Å²) in [6.07, 6.45) is 104. The number of unbranched alkanes of at least 4 members (excludes halogenated alkanes) is 42. The van der Waals surface area contributed by atoms with E-state index in [1.807, 2.05) is 0 Å². The third-order valence-electron chi connectivity index (χ3n) is 19.1. The van der Waals surface area contributed by atoms with Gasteiger partial charge in [0.25, 0.3) is 0 Å². The number of hydrogen-bond donors (Lipinski definition) is 4. The largest absolute Gasteiger partial charge is 0.472 e. The molecular formula is C93H164O16P2. The Morgan fingerprint density at radius 2 is 0.477 bits per heavy atom. The van der Waals surface area contributed by atoms with Gasteiger partial charge < -0.3 is 34.2 Å². The lowest BCUT2D eigenvalue weighted by Gasteiger charge is -2.21. The first-order valence-corrected chi connectivity index (χ1v) is 47.8. The molecule has 642 valence electrons. The number of ether oxygens (including phenoxy) is 3. The van der Waals surface area contributed by atoms with Crippen molar-refractivity contribution in [3.05, 3.63) is 122 Å². The minimum Gasteiger partial charge on any atom is -0.463 e. The first kappa shape index (κ1) is 107. The van der Waals surface area contributed by atoms with E-state index in [0.29, 0.717) is 19.3 Å². The van der Waals surface area contributed by atoms with Crippen LogP contribution in [0.15, 0.2) is 122 Å². The molecule has 0 heterocycles. The molecule has 0 amide bonds. The Hall–Kier alpha value is -4.05. The molecule has 0 aliphatic carbocycles. The molecule has 18 heteroatoms. The van der Waals surface area contributed by atoms with Gasteiger partial charge in [-0.3, -0.25) is 32.5 Å². The van der Waals surface area contributed by atoms with Crippen molar-refractivity contribution in [2.75, 3.05) is 39.6 Å². The normalized spacial score (nSPS) is 14.4. The van der Waals surface area contributed by atoms with E-state index >= 15 is 0 Å². The molecule has 4 N–H and O–H groups in total. The summed E-state index contributed by atoms with van der Waals surface area (Å²) in [4.78, 5) is 58.9. The van der Waals surface area contributed by atoms with Crippen LogP contribution in [0.4, 0.5) is 0 Å². The SMILES string of the molecule is CC/C=C\C/C=C\C/C=C\C/C=C\C/C=C\CCCCCCCCCCCCCCCC(=O)OCC(COP(=O)(O)OCC(O)COP(=O)(O)OCC(O)COC(=O)CCCCCCCCCCCCCCCCC/C=C\C/C=C\C/C=C\C/C=C\CCCCC)OC(=O)CCCCCCC/C=C\CCCCCCCC. The molecule has 0 fully saturated rings. The molecule has 0 aliphatic rings. The summed E-state index contributed by atoms with van der Waals surface area (Å²) in [6.45, 7) is 2.58. The number of carbonyl (C=O) groups is 3. The van der Waals surface area contributed by atoms with Gasteiger partial charge in [-0.1, -0.05) is 361 Å². The Morgan fingerprint density at radius 1 is 0.261 bits per heavy atom. The maximum Gasteiger partial charge on any atom is 0.472 e. The molecule has 0 saturated carbocycles. The van der Waals surface area contributed by atoms with Crippen molar-refractivity contribution in [1.29, 1.82) is 0 Å². The van der Waals surface area contributed by atoms with Crippen molar-refractivity contribution >= 4 is 33.6 Å². The second-order valence-corrected chi connectivity index (χ2v) is 32.9. The second kappa shape index (κ2) is 85.3. The smallest absolute Gasteiger partial charge is 0.463 e. The van der Waals surface area contributed by atoms with Gasteiger partial charge in [-0.25, -0.2) is 9.13 Å². The van der Waals surface area contributed by atoms with E-state index < -0.39 is 91.5 Å². The lowest BCUT2D eigenvalue weighted by Crippen LogP contribution is -2.30. The van der Waals surface area contributed by atoms with E-state index in [9.17, 15) is 43.5 Å². The van der Waals surface area contributed by atoms with Crippen molar-refractivity contribution in [2.24, 2.45) is 0 Å². The first-order valence-electron chi connectivity index (χ1n) is 44.8. The summed E-state index contributed by atoms with van der Waals surface area (Å²) < 4.78 is 61.4. The molecular weight excluding hydrogens is 1430 g/mol. The minimum absolute atomic E-state index is 0.0951. The average molecular weight is 1600 g/mol. The maximum atomic E-state index is 13.0. The Labute approximate surface area is 678 Å². The molecule has 0 saturated heterocycles. The number of esters is 3. The van der Waals surface area contributed by atoms with Crippen LogP contribution < -0.4 is 0 Å². The lowest BCUT2D eigenvalue weighted by atomic mass is 10.0. The van der Waals surface area contributed by atoms with Crippen LogP contribution in [0.25, 0.3) is 0 Å². The summed E-state index contributed by atoms with van der Waals surface area (Å²) in [6, 6.07) is 0. The molecule has 111 heavy (non-hydrogen) atoms. The quantitative estimate of drug-likeness (QED) is 0.0146. The van der Waals surface area contributed by atoms with E-state index in [-0.39, 0.29) is 19.3 Å². The summed E-state index contributed by atoms with van der Waals surface area (Å²) in [7, 11) is -9.80. The van der Waals surface area contributed by atoms with Crippen molar-refractivity contribution < 1.29 is 75.8 Å². The van der Waals surface area contributed by atoms with Gasteiger partial charge in [-0.15, -0.1) is 0 Å². The van der Waals surface area contributed by atoms with Crippen LogP contribution in [0, 0.1) is 0 Å². The number of aliphatic hydroxyl groups is 2. The average Bonchev–Trinajstić information content (AvgIpc) is 0.971. The monoisotopic (exact) mass is 1600 g/mol. The number of hydrogen-bond acceptors (Lipinski definition) is 14. The van der Waals surface area contributed by atoms with E-state index in [0.717, 1.165) is 135 Å². The summed E-state index contributed by atoms with van der Waals surface area (Å²) in [5.41, 5.74) is 0. The lowest BCUT2D eigenvalue weighted by molar-refractivity contribution is -0.161. The Balaban J connectivity index is 4.47. The zero-order valence-corrected chi connectivity index (χ0v) is 72.4. The fourth-order valence-corrected chi connectivity index (χ4v) is 13.9. The Kier molecular flexibility index (Phi) is 82.2. The number of aliphatic hydroxyl groups excluding tert-OH is 2. The maximum absolute atomic E-state index is 13.0. The van der Waals surface area contributed by atoms with Gasteiger partial charge >= 0.3 is 33.6 Å². The van der Waals surface area contributed by atoms with Gasteiger partial charge in [0, 0.05) is 19.3 Å². The molecule has 16 nitrogen and oxygen atoms in total. The molecule has 0 bridgehead atoms. The van der Waals surface area contributed by atoms with Gasteiger partial charge in [0.2, 0.25) is 0 Å². The van der Waals surface area contributed by atoms with Gasteiger partial charge in [-0.2, -0.15) is 0 Å². The number of phosphoric acid groups is 2. The number of carbonyl (C=O) groups excluding carboxylic acids is 3. The standard InChI is InChI=1S/C93H164O16P2/c1-4-7-10-13-16-19-22-25-28-30-32-34-36-38-40-42-43-45-47-48-50-52-54-56-59-61-64-67-70-73-76-79-91(96)103-82-88(94)83-105-110(99,100)106-84-89(95)85-107-111(101,102)108-87-90(109-93(98)81-78-75-72-69-66-63-58-27-24-21-18-15-12-9-6-3)86-104-92(97)80-77-74-71-68-65-62-60-57-55-53-51-49-46-44-41-39-37-35-33-31-29-26-23-20-17-14-11-8-5-2/h8,11,16-17,19-20,25-29,32-35,38-41,58,88-90,94-95H,4-7,9-10,12-15,18,21-24,30-31,36-37,42-57,59-87H2,1-3H3,(H,99,100)(H,101,102)/b11-8-,19-16-,20-17-,28-25-,29-26-,34-32-,35-33-,40-38-,41-39-,58-27-. The van der Waals surface area contributed by atoms with Crippen LogP contribution >= 0.6 is 15.6 Å². The van der Waals surface area contributed by atoms with Gasteiger partial charge in [-0.05, 0) is 135 Å². The minimum atomic E-state index is -4.94. The van der Waals surface area contributed by atoms with E-state index in [2.05, 4.69) is 142 Å². The molecule has 0 aliphatic heterocycles. The van der Waals surface area contributed by atoms with Gasteiger partial charge in [0.1, 0.15) is 25.4 Å². The zero-order valence-electron chi connectivity index (χ0n) is 70.6. The van der Waals surface area contributed by atoms with Gasteiger partial charge in [0.05, 0.1) is 26.4 Å². The first-order chi connectivity index (χ1) is 54.2. The van der Waals surface area contributed by atoms with E-state index in [4.69, 9.17) is 32.3 Å². The third kappa shape index (κ3) is 86.6. The number of allylic oxidation sites excluding steroid dienone is 20. The topological polar surface area (TPSA) is 231 Å². The molecule has 0 radical (unpaired) electrons. The van der Waals surface area contributed by atoms with Crippen molar-refractivity contribution in [3.63, 3.8) is 0 Å². The highest BCUT2D eigenvalue weighted by atomic mass is 31.2. The fraction of sp³-hybridized carbons (Fsp3) is 0.753. The van der Waals surface area contributed by atoms with Crippen LogP contribution in [0.3, 0.4) is 0 Å². The highest BCUT2D eigenvalue weighted by Gasteiger charge is 2.29. The molecule has 0 aromatic rings. The predicted octanol–water partition coefficient (Wildman–Crippen LogP) is 27.2. The summed E-state index contributed by atoms with van der Waals surface area (Å²) in [5.74, 6) is -1.57. The van der Waals surface area contributed by atoms with Crippen LogP contribution in [0.1, 0.15) is 393 Å². The van der Waals surface area contributed by atoms with E-state index in [1.165, 1.54) is 199 Å². The molecule has 0 spiro atoms. The molecule has 5 unspecified atom stereocenters. The van der Waals surface area contributed by atoms with Crippen molar-refractivity contribution in [3.8, 4) is 0 Å². The number of phosphoric ester groups is 2. The van der Waals surface area contributed by atoms with Crippen molar-refractivity contribution in [2.45, 2.75) is 411 Å². The summed E-state index contributed by atoms with van der Waals surface area (Å²) in [5, 5.41) is 20.7. The third-order valence-corrected chi connectivity index (χ3v) is 21.0. The summed E-state index contributed by atoms with van der Waals surface area (Å²) >= 11 is 0. The van der Waals surface area contributed by atoms with Gasteiger partial charge in [0.15, 0.2) is 6.10 Å². The Morgan fingerprint density at radius 3 is 0.784 bits per heavy atom. The fourth-order valence-electron chi connectivity index (χ4n) is 12.3. The predicted molar refractivity (Wildman–Crippen MR) is 463 cm³/mol. The highest BCUT2D eigenvalue weighted by molar-refractivity contribution is 7.47. The van der Waals surface area contributed by atoms with Crippen LogP contribution in [0.2, 0.25) is 0 Å². The number of rotatable bonds is 85. The molecule has 0 rings (SSSR count).